The summed E-state index contributed by atoms with van der Waals surface area (Å²) in [5.74, 6) is -0.310. The Labute approximate surface area is 186 Å². The number of aryl methyl sites for hydroxylation is 1. The number of ether oxygens (including phenoxy) is 3. The van der Waals surface area contributed by atoms with Crippen LogP contribution in [0.5, 0.6) is 5.75 Å². The van der Waals surface area contributed by atoms with Gasteiger partial charge in [0.2, 0.25) is 0 Å². The molecule has 0 aliphatic heterocycles. The minimum Gasteiger partial charge on any atom is -0.482 e. The Morgan fingerprint density at radius 3 is 2.65 bits per heavy atom. The molecule has 3 aromatic rings. The van der Waals surface area contributed by atoms with Gasteiger partial charge in [-0.15, -0.1) is 0 Å². The van der Waals surface area contributed by atoms with Gasteiger partial charge < -0.3 is 18.8 Å². The fourth-order valence-corrected chi connectivity index (χ4v) is 3.51. The van der Waals surface area contributed by atoms with Crippen molar-refractivity contribution in [3.05, 3.63) is 76.5 Å². The van der Waals surface area contributed by atoms with Crippen molar-refractivity contribution >= 4 is 34.4 Å². The molecule has 2 aromatic carbocycles. The lowest BCUT2D eigenvalue weighted by molar-refractivity contribution is -0.142. The Kier molecular flexibility index (Phi) is 7.02. The van der Waals surface area contributed by atoms with E-state index in [9.17, 15) is 9.59 Å². The first kappa shape index (κ1) is 22.4. The topological polar surface area (TPSA) is 66.8 Å². The van der Waals surface area contributed by atoms with Crippen molar-refractivity contribution in [2.75, 3.05) is 20.3 Å². The highest BCUT2D eigenvalue weighted by Crippen LogP contribution is 2.30. The average molecular weight is 442 g/mol. The fraction of sp³-hybridized carbons (Fsp3) is 0.250. The molecule has 0 atom stereocenters. The van der Waals surface area contributed by atoms with E-state index in [0.29, 0.717) is 22.9 Å². The molecule has 162 valence electrons. The van der Waals surface area contributed by atoms with Gasteiger partial charge in [-0.1, -0.05) is 24.3 Å². The van der Waals surface area contributed by atoms with Crippen molar-refractivity contribution in [1.82, 2.24) is 4.57 Å². The predicted octanol–water partition coefficient (Wildman–Crippen LogP) is 4.85. The van der Waals surface area contributed by atoms with Gasteiger partial charge in [0.25, 0.3) is 0 Å². The van der Waals surface area contributed by atoms with Crippen LogP contribution in [0, 0.1) is 13.8 Å². The van der Waals surface area contributed by atoms with E-state index in [0.717, 1.165) is 27.7 Å². The molecular weight excluding hydrogens is 418 g/mol. The van der Waals surface area contributed by atoms with Crippen molar-refractivity contribution in [3.63, 3.8) is 0 Å². The van der Waals surface area contributed by atoms with Gasteiger partial charge in [-0.25, -0.2) is 9.59 Å². The number of esters is 2. The molecule has 1 heterocycles. The molecule has 0 N–H and O–H groups in total. The summed E-state index contributed by atoms with van der Waals surface area (Å²) in [4.78, 5) is 23.6. The van der Waals surface area contributed by atoms with Gasteiger partial charge in [-0.05, 0) is 61.4 Å². The highest BCUT2D eigenvalue weighted by Gasteiger charge is 2.16. The zero-order chi connectivity index (χ0) is 22.5. The number of aromatic nitrogens is 1. The molecule has 0 aliphatic rings. The summed E-state index contributed by atoms with van der Waals surface area (Å²) >= 11 is 6.43. The third-order valence-corrected chi connectivity index (χ3v) is 5.51. The Hall–Kier alpha value is -3.25. The smallest absolute Gasteiger partial charge is 0.343 e. The minimum absolute atomic E-state index is 0.169. The lowest BCUT2D eigenvalue weighted by atomic mass is 10.1. The number of methoxy groups -OCH3 is 1. The van der Waals surface area contributed by atoms with Crippen LogP contribution in [-0.4, -0.2) is 36.8 Å². The van der Waals surface area contributed by atoms with Crippen LogP contribution in [0.3, 0.4) is 0 Å². The third kappa shape index (κ3) is 4.91. The molecule has 0 aliphatic carbocycles. The summed E-state index contributed by atoms with van der Waals surface area (Å²) in [5.41, 5.74) is 4.45. The van der Waals surface area contributed by atoms with Crippen LogP contribution in [0.4, 0.5) is 0 Å². The monoisotopic (exact) mass is 441 g/mol. The number of benzene rings is 2. The van der Waals surface area contributed by atoms with E-state index in [-0.39, 0.29) is 19.2 Å². The predicted molar refractivity (Wildman–Crippen MR) is 120 cm³/mol. The highest BCUT2D eigenvalue weighted by atomic mass is 35.5. The van der Waals surface area contributed by atoms with Gasteiger partial charge in [-0.3, -0.25) is 0 Å². The van der Waals surface area contributed by atoms with E-state index in [1.165, 1.54) is 13.2 Å². The molecule has 0 amide bonds. The molecule has 0 saturated heterocycles. The molecule has 0 fully saturated rings. The van der Waals surface area contributed by atoms with Gasteiger partial charge in [0.05, 0.1) is 12.7 Å². The fourth-order valence-electron chi connectivity index (χ4n) is 3.33. The number of rotatable bonds is 8. The Morgan fingerprint density at radius 1 is 1.16 bits per heavy atom. The van der Waals surface area contributed by atoms with Crippen molar-refractivity contribution in [2.24, 2.45) is 0 Å². The minimum atomic E-state index is -0.457. The van der Waals surface area contributed by atoms with Crippen molar-refractivity contribution in [3.8, 4) is 5.75 Å². The van der Waals surface area contributed by atoms with E-state index in [4.69, 9.17) is 21.1 Å². The average Bonchev–Trinajstić information content (AvgIpc) is 3.01. The first-order chi connectivity index (χ1) is 14.8. The Balaban J connectivity index is 1.93. The number of hydrogen-bond donors (Lipinski definition) is 0. The summed E-state index contributed by atoms with van der Waals surface area (Å²) in [6.45, 7) is 8.10. The Morgan fingerprint density at radius 2 is 1.94 bits per heavy atom. The molecule has 31 heavy (non-hydrogen) atoms. The van der Waals surface area contributed by atoms with Crippen molar-refractivity contribution in [1.29, 1.82) is 0 Å². The quantitative estimate of drug-likeness (QED) is 0.369. The summed E-state index contributed by atoms with van der Waals surface area (Å²) in [7, 11) is 1.31. The summed E-state index contributed by atoms with van der Waals surface area (Å²) < 4.78 is 17.4. The van der Waals surface area contributed by atoms with E-state index < -0.39 is 5.97 Å². The standard InChI is InChI=1S/C24H24ClNO5/c1-5-10-30-24(28)17-6-9-22-20(12-17)15(2)16(3)26(22)13-18-11-19(7-8-21(18)25)31-14-23(27)29-4/h5-9,11-12H,1,10,13-14H2,2-4H3. The number of nitrogens with zero attached hydrogens (tertiary/aromatic N) is 1. The number of halogens is 1. The maximum atomic E-state index is 12.2. The number of carbonyl (C=O) groups excluding carboxylic acids is 2. The second-order valence-electron chi connectivity index (χ2n) is 7.03. The molecule has 3 rings (SSSR count). The number of hydrogen-bond acceptors (Lipinski definition) is 5. The number of carbonyl (C=O) groups is 2. The molecule has 1 aromatic heterocycles. The van der Waals surface area contributed by atoms with Crippen LogP contribution in [0.2, 0.25) is 5.02 Å². The summed E-state index contributed by atoms with van der Waals surface area (Å²) in [6.07, 6.45) is 1.54. The van der Waals surface area contributed by atoms with E-state index in [1.54, 1.807) is 18.2 Å². The van der Waals surface area contributed by atoms with E-state index in [2.05, 4.69) is 15.9 Å². The lowest BCUT2D eigenvalue weighted by Gasteiger charge is -2.13. The molecular formula is C24H24ClNO5. The van der Waals surface area contributed by atoms with Gasteiger partial charge in [0.1, 0.15) is 12.4 Å². The van der Waals surface area contributed by atoms with Crippen LogP contribution in [0.25, 0.3) is 10.9 Å². The second kappa shape index (κ2) is 9.71. The van der Waals surface area contributed by atoms with Crippen LogP contribution >= 0.6 is 11.6 Å². The maximum absolute atomic E-state index is 12.2. The summed E-state index contributed by atoms with van der Waals surface area (Å²) in [6, 6.07) is 10.8. The molecule has 6 nitrogen and oxygen atoms in total. The van der Waals surface area contributed by atoms with Crippen LogP contribution in [0.15, 0.2) is 49.1 Å². The molecule has 0 spiro atoms. The van der Waals surface area contributed by atoms with Crippen LogP contribution in [-0.2, 0) is 20.8 Å². The van der Waals surface area contributed by atoms with Crippen LogP contribution in [0.1, 0.15) is 27.2 Å². The summed E-state index contributed by atoms with van der Waals surface area (Å²) in [5, 5.41) is 1.56. The van der Waals surface area contributed by atoms with E-state index in [1.807, 2.05) is 32.0 Å². The highest BCUT2D eigenvalue weighted by molar-refractivity contribution is 6.31. The lowest BCUT2D eigenvalue weighted by Crippen LogP contribution is -2.12. The van der Waals surface area contributed by atoms with Gasteiger partial charge in [0, 0.05) is 28.2 Å². The molecule has 7 heteroatoms. The maximum Gasteiger partial charge on any atom is 0.343 e. The van der Waals surface area contributed by atoms with E-state index >= 15 is 0 Å². The largest absolute Gasteiger partial charge is 0.482 e. The second-order valence-corrected chi connectivity index (χ2v) is 7.44. The van der Waals surface area contributed by atoms with Gasteiger partial charge in [-0.2, -0.15) is 0 Å². The van der Waals surface area contributed by atoms with Crippen LogP contribution < -0.4 is 4.74 Å². The first-order valence-electron chi connectivity index (χ1n) is 9.71. The van der Waals surface area contributed by atoms with Gasteiger partial charge in [0.15, 0.2) is 6.61 Å². The first-order valence-corrected chi connectivity index (χ1v) is 10.1. The Bertz CT molecular complexity index is 1150. The molecule has 0 radical (unpaired) electrons. The van der Waals surface area contributed by atoms with Crippen molar-refractivity contribution < 1.29 is 23.8 Å². The molecule has 0 saturated carbocycles. The SMILES string of the molecule is C=CCOC(=O)c1ccc2c(c1)c(C)c(C)n2Cc1cc(OCC(=O)OC)ccc1Cl. The van der Waals surface area contributed by atoms with Crippen molar-refractivity contribution in [2.45, 2.75) is 20.4 Å². The normalized spacial score (nSPS) is 10.7. The zero-order valence-corrected chi connectivity index (χ0v) is 18.5. The molecule has 0 bridgehead atoms. The zero-order valence-electron chi connectivity index (χ0n) is 17.7. The molecule has 0 unspecified atom stereocenters. The number of fused-ring (bicyclic) bond motifs is 1. The third-order valence-electron chi connectivity index (χ3n) is 5.14. The van der Waals surface area contributed by atoms with Gasteiger partial charge >= 0.3 is 11.9 Å².